The van der Waals surface area contributed by atoms with Crippen molar-refractivity contribution in [2.45, 2.75) is 283 Å². The van der Waals surface area contributed by atoms with Crippen LogP contribution in [0.3, 0.4) is 0 Å². The minimum Gasteiger partial charge on any atom is -0.756 e. The first-order valence-electron chi connectivity index (χ1n) is 31.7. The van der Waals surface area contributed by atoms with Crippen molar-refractivity contribution in [3.05, 3.63) is 97.2 Å². The Kier molecular flexibility index (Phi) is 54.7. The quantitative estimate of drug-likeness (QED) is 0.0239. The van der Waals surface area contributed by atoms with Gasteiger partial charge in [0.15, 0.2) is 0 Å². The molecule has 0 aliphatic heterocycles. The van der Waals surface area contributed by atoms with Crippen LogP contribution in [0.25, 0.3) is 0 Å². The van der Waals surface area contributed by atoms with Crippen molar-refractivity contribution in [3.8, 4) is 0 Å². The molecule has 9 nitrogen and oxygen atoms in total. The van der Waals surface area contributed by atoms with E-state index < -0.39 is 32.7 Å². The van der Waals surface area contributed by atoms with E-state index in [1.807, 2.05) is 21.1 Å². The summed E-state index contributed by atoms with van der Waals surface area (Å²) in [4.78, 5) is 25.6. The van der Waals surface area contributed by atoms with Crippen LogP contribution < -0.4 is 10.2 Å². The van der Waals surface area contributed by atoms with Crippen molar-refractivity contribution in [3.63, 3.8) is 0 Å². The van der Waals surface area contributed by atoms with E-state index in [2.05, 4.69) is 116 Å². The summed E-state index contributed by atoms with van der Waals surface area (Å²) < 4.78 is 23.3. The number of likely N-dealkylation sites (N-methyl/N-ethyl adjacent to an activating group) is 1. The van der Waals surface area contributed by atoms with Crippen molar-refractivity contribution < 1.29 is 38.0 Å². The number of carbonyl (C=O) groups excluding carboxylic acids is 1. The number of hydrogen-bond acceptors (Lipinski definition) is 7. The lowest BCUT2D eigenvalue weighted by atomic mass is 9.99. The maximum absolute atomic E-state index is 13.0. The number of aliphatic hydroxyl groups is 2. The second-order valence-electron chi connectivity index (χ2n) is 22.5. The second kappa shape index (κ2) is 56.6. The van der Waals surface area contributed by atoms with Gasteiger partial charge in [0, 0.05) is 6.42 Å². The second-order valence-corrected chi connectivity index (χ2v) is 23.9. The smallest absolute Gasteiger partial charge is 0.268 e. The lowest BCUT2D eigenvalue weighted by molar-refractivity contribution is -0.870. The zero-order chi connectivity index (χ0) is 56.4. The highest BCUT2D eigenvalue weighted by Crippen LogP contribution is 2.38. The molecule has 0 radical (unpaired) electrons. The molecule has 0 saturated carbocycles. The first kappa shape index (κ1) is 74.4. The fraction of sp³-hybridized carbons (Fsp3) is 0.746. The van der Waals surface area contributed by atoms with Gasteiger partial charge in [0.2, 0.25) is 5.91 Å². The van der Waals surface area contributed by atoms with Crippen molar-refractivity contribution in [1.82, 2.24) is 5.32 Å². The summed E-state index contributed by atoms with van der Waals surface area (Å²) >= 11 is 0. The molecule has 0 aliphatic carbocycles. The highest BCUT2D eigenvalue weighted by atomic mass is 31.2. The van der Waals surface area contributed by atoms with Gasteiger partial charge < -0.3 is 34.0 Å². The standard InChI is InChI=1S/C67H121N2O7P/c1-6-8-10-12-14-16-18-20-21-22-23-24-25-26-27-28-29-30-31-32-33-34-35-36-37-38-39-40-41-42-43-44-45-46-47-48-50-52-54-56-58-60-66(71)68-64(63-76-77(73,74)75-62-61-69(3,4)5)67(72)65(70)59-57-55-53-51-49-19-17-15-13-11-9-7-2/h8,10,14,16,20-21,23-24,26-27,29-30,32-33,35-36,64-65,67,70,72H,6-7,9,11-13,15,17-19,22,25,28,31,34,37-63H2,1-5H3,(H-,68,71,73,74)/b10-8-,16-14-,21-20-,24-23-,27-26-,30-29-,33-32-,36-35-. The molecule has 4 unspecified atom stereocenters. The number of nitrogens with one attached hydrogen (secondary N) is 1. The number of amides is 1. The molecule has 0 aromatic heterocycles. The predicted molar refractivity (Wildman–Crippen MR) is 331 cm³/mol. The first-order valence-corrected chi connectivity index (χ1v) is 33.1. The summed E-state index contributed by atoms with van der Waals surface area (Å²) in [5, 5.41) is 24.8. The Balaban J connectivity index is 4.01. The Hall–Kier alpha value is -2.62. The maximum atomic E-state index is 13.0. The summed E-state index contributed by atoms with van der Waals surface area (Å²) in [6.07, 6.45) is 77.8. The molecule has 0 aromatic carbocycles. The summed E-state index contributed by atoms with van der Waals surface area (Å²) in [6.45, 7) is 4.33. The lowest BCUT2D eigenvalue weighted by Gasteiger charge is -2.31. The van der Waals surface area contributed by atoms with Crippen LogP contribution in [-0.4, -0.2) is 79.8 Å². The SMILES string of the molecule is CC/C=C\C/C=C\C/C=C\C/C=C\C/C=C\C/C=C\C/C=C\C/C=C\CCCCCCCCCCCCCCCCCCC(=O)NC(COP(=O)([O-])OCC[N+](C)(C)C)C(O)C(O)CCCCCCCCCCCCCC. The molecule has 0 fully saturated rings. The van der Waals surface area contributed by atoms with Crippen LogP contribution in [0, 0.1) is 0 Å². The van der Waals surface area contributed by atoms with Gasteiger partial charge in [-0.05, 0) is 77.0 Å². The number of allylic oxidation sites excluding steroid dienone is 16. The number of unbranched alkanes of at least 4 members (excludes halogenated alkanes) is 27. The summed E-state index contributed by atoms with van der Waals surface area (Å²) in [5.74, 6) is -0.280. The highest BCUT2D eigenvalue weighted by molar-refractivity contribution is 7.45. The molecule has 4 atom stereocenters. The Morgan fingerprint density at radius 2 is 0.818 bits per heavy atom. The number of carbonyl (C=O) groups is 1. The van der Waals surface area contributed by atoms with Crippen LogP contribution in [0.2, 0.25) is 0 Å². The van der Waals surface area contributed by atoms with E-state index in [9.17, 15) is 24.5 Å². The molecule has 0 bridgehead atoms. The van der Waals surface area contributed by atoms with E-state index in [1.54, 1.807) is 0 Å². The van der Waals surface area contributed by atoms with E-state index in [-0.39, 0.29) is 18.9 Å². The van der Waals surface area contributed by atoms with E-state index >= 15 is 0 Å². The molecule has 446 valence electrons. The predicted octanol–water partition coefficient (Wildman–Crippen LogP) is 18.1. The number of nitrogens with zero attached hydrogens (tertiary/aromatic N) is 1. The molecule has 1 amide bonds. The summed E-state index contributed by atoms with van der Waals surface area (Å²) in [6, 6.07) is -1.08. The maximum Gasteiger partial charge on any atom is 0.268 e. The van der Waals surface area contributed by atoms with Gasteiger partial charge in [0.25, 0.3) is 7.82 Å². The molecule has 3 N–H and O–H groups in total. The molecule has 0 aliphatic rings. The molecular weight excluding hydrogens is 976 g/mol. The third-order valence-corrected chi connectivity index (χ3v) is 14.9. The van der Waals surface area contributed by atoms with Gasteiger partial charge in [-0.15, -0.1) is 0 Å². The van der Waals surface area contributed by atoms with Crippen molar-refractivity contribution in [2.75, 3.05) is 40.9 Å². The third-order valence-electron chi connectivity index (χ3n) is 13.9. The molecule has 0 rings (SSSR count). The molecular formula is C67H121N2O7P. The number of phosphoric ester groups is 1. The Bertz CT molecular complexity index is 1590. The van der Waals surface area contributed by atoms with Gasteiger partial charge in [0.05, 0.1) is 39.9 Å². The minimum atomic E-state index is -4.67. The van der Waals surface area contributed by atoms with Crippen LogP contribution in [0.4, 0.5) is 0 Å². The van der Waals surface area contributed by atoms with Gasteiger partial charge in [-0.25, -0.2) is 0 Å². The molecule has 10 heteroatoms. The van der Waals surface area contributed by atoms with Gasteiger partial charge in [-0.2, -0.15) is 0 Å². The zero-order valence-electron chi connectivity index (χ0n) is 50.5. The van der Waals surface area contributed by atoms with Crippen molar-refractivity contribution >= 4 is 13.7 Å². The largest absolute Gasteiger partial charge is 0.756 e. The number of quaternary nitrogens is 1. The van der Waals surface area contributed by atoms with Gasteiger partial charge in [-0.3, -0.25) is 9.36 Å². The fourth-order valence-electron chi connectivity index (χ4n) is 8.98. The normalized spacial score (nSPS) is 14.9. The topological polar surface area (TPSA) is 128 Å². The van der Waals surface area contributed by atoms with Crippen LogP contribution in [0.15, 0.2) is 97.2 Å². The number of aliphatic hydroxyl groups excluding tert-OH is 2. The molecule has 0 heterocycles. The molecule has 0 saturated heterocycles. The van der Waals surface area contributed by atoms with E-state index in [0.29, 0.717) is 23.9 Å². The average molecular weight is 1100 g/mol. The lowest BCUT2D eigenvalue weighted by Crippen LogP contribution is -2.51. The summed E-state index contributed by atoms with van der Waals surface area (Å²) in [5.41, 5.74) is 0. The Morgan fingerprint density at radius 3 is 1.19 bits per heavy atom. The van der Waals surface area contributed by atoms with Crippen LogP contribution >= 0.6 is 7.82 Å². The van der Waals surface area contributed by atoms with Gasteiger partial charge in [-0.1, -0.05) is 278 Å². The fourth-order valence-corrected chi connectivity index (χ4v) is 9.70. The third kappa shape index (κ3) is 57.9. The van der Waals surface area contributed by atoms with E-state index in [0.717, 1.165) is 89.9 Å². The highest BCUT2D eigenvalue weighted by Gasteiger charge is 2.29. The molecule has 77 heavy (non-hydrogen) atoms. The van der Waals surface area contributed by atoms with Crippen LogP contribution in [0.5, 0.6) is 0 Å². The monoisotopic (exact) mass is 1100 g/mol. The molecule has 0 aromatic rings. The van der Waals surface area contributed by atoms with E-state index in [1.165, 1.54) is 141 Å². The van der Waals surface area contributed by atoms with Crippen LogP contribution in [-0.2, 0) is 18.4 Å². The Labute approximate surface area is 475 Å². The zero-order valence-corrected chi connectivity index (χ0v) is 51.4. The average Bonchev–Trinajstić information content (AvgIpc) is 3.39. The molecule has 0 spiro atoms. The van der Waals surface area contributed by atoms with Gasteiger partial charge in [0.1, 0.15) is 19.3 Å². The summed E-state index contributed by atoms with van der Waals surface area (Å²) in [7, 11) is 1.12. The van der Waals surface area contributed by atoms with Crippen molar-refractivity contribution in [1.29, 1.82) is 0 Å². The minimum absolute atomic E-state index is 0.0426. The Morgan fingerprint density at radius 1 is 0.481 bits per heavy atom. The van der Waals surface area contributed by atoms with Gasteiger partial charge >= 0.3 is 0 Å². The first-order chi connectivity index (χ1) is 37.4. The number of rotatable bonds is 57. The number of phosphoric acid groups is 1. The number of hydrogen-bond donors (Lipinski definition) is 3. The van der Waals surface area contributed by atoms with Crippen molar-refractivity contribution in [2.24, 2.45) is 0 Å². The van der Waals surface area contributed by atoms with E-state index in [4.69, 9.17) is 9.05 Å². The van der Waals surface area contributed by atoms with Crippen LogP contribution in [0.1, 0.15) is 264 Å².